The average Bonchev–Trinajstić information content (AvgIpc) is 3.20. The van der Waals surface area contributed by atoms with E-state index in [1.165, 1.54) is 11.3 Å². The van der Waals surface area contributed by atoms with Gasteiger partial charge in [0.15, 0.2) is 0 Å². The third-order valence-electron chi connectivity index (χ3n) is 3.54. The van der Waals surface area contributed by atoms with Crippen LogP contribution in [0, 0.1) is 13.8 Å². The molecule has 124 valence electrons. The molecule has 0 bridgehead atoms. The van der Waals surface area contributed by atoms with Gasteiger partial charge in [-0.3, -0.25) is 4.79 Å². The molecule has 0 aliphatic heterocycles. The molecule has 0 unspecified atom stereocenters. The van der Waals surface area contributed by atoms with Crippen LogP contribution < -0.4 is 10.1 Å². The summed E-state index contributed by atoms with van der Waals surface area (Å²) >= 11 is 1.34. The van der Waals surface area contributed by atoms with Crippen LogP contribution in [-0.2, 0) is 6.54 Å². The molecule has 1 amide bonds. The van der Waals surface area contributed by atoms with Crippen molar-refractivity contribution in [2.75, 3.05) is 7.11 Å². The first kappa shape index (κ1) is 16.2. The van der Waals surface area contributed by atoms with E-state index in [2.05, 4.69) is 15.3 Å². The number of aryl methyl sites for hydroxylation is 2. The Morgan fingerprint density at radius 2 is 2.04 bits per heavy atom. The van der Waals surface area contributed by atoms with Crippen LogP contribution in [0.3, 0.4) is 0 Å². The largest absolute Gasteiger partial charge is 0.497 e. The fourth-order valence-electron chi connectivity index (χ4n) is 2.10. The van der Waals surface area contributed by atoms with Crippen LogP contribution in [0.5, 0.6) is 5.75 Å². The van der Waals surface area contributed by atoms with Crippen LogP contribution in [0.4, 0.5) is 0 Å². The number of thiazole rings is 1. The minimum Gasteiger partial charge on any atom is -0.497 e. The molecule has 1 aromatic carbocycles. The maximum absolute atomic E-state index is 12.2. The van der Waals surface area contributed by atoms with Gasteiger partial charge in [0.2, 0.25) is 5.89 Å². The topological polar surface area (TPSA) is 77.2 Å². The fourth-order valence-corrected chi connectivity index (χ4v) is 2.94. The molecule has 0 aliphatic carbocycles. The van der Waals surface area contributed by atoms with Crippen molar-refractivity contribution in [3.63, 3.8) is 0 Å². The van der Waals surface area contributed by atoms with E-state index in [9.17, 15) is 4.79 Å². The van der Waals surface area contributed by atoms with E-state index in [1.54, 1.807) is 13.3 Å². The molecule has 24 heavy (non-hydrogen) atoms. The molecule has 7 heteroatoms. The molecular formula is C17H17N3O3S. The van der Waals surface area contributed by atoms with Gasteiger partial charge in [-0.05, 0) is 38.1 Å². The fraction of sp³-hybridized carbons (Fsp3) is 0.235. The molecule has 6 nitrogen and oxygen atoms in total. The van der Waals surface area contributed by atoms with Gasteiger partial charge in [0, 0.05) is 5.56 Å². The zero-order valence-electron chi connectivity index (χ0n) is 13.6. The standard InChI is InChI=1S/C17H17N3O3S/c1-10-11(2)23-15(20-10)9-18-16(21)14-8-19-17(24-14)12-4-6-13(22-3)7-5-12/h4-8H,9H2,1-3H3,(H,18,21). The zero-order valence-corrected chi connectivity index (χ0v) is 14.4. The maximum atomic E-state index is 12.2. The van der Waals surface area contributed by atoms with Crippen LogP contribution in [0.15, 0.2) is 34.9 Å². The van der Waals surface area contributed by atoms with Gasteiger partial charge >= 0.3 is 0 Å². The van der Waals surface area contributed by atoms with Crippen LogP contribution >= 0.6 is 11.3 Å². The minimum atomic E-state index is -0.194. The second-order valence-corrected chi connectivity index (χ2v) is 6.22. The molecule has 1 N–H and O–H groups in total. The number of benzene rings is 1. The number of oxazole rings is 1. The summed E-state index contributed by atoms with van der Waals surface area (Å²) in [5.41, 5.74) is 1.78. The highest BCUT2D eigenvalue weighted by Gasteiger charge is 2.13. The van der Waals surface area contributed by atoms with E-state index in [0.29, 0.717) is 10.8 Å². The van der Waals surface area contributed by atoms with E-state index < -0.39 is 0 Å². The second kappa shape index (κ2) is 6.84. The molecule has 0 fully saturated rings. The Bertz CT molecular complexity index is 833. The van der Waals surface area contributed by atoms with Crippen molar-refractivity contribution in [2.45, 2.75) is 20.4 Å². The second-order valence-electron chi connectivity index (χ2n) is 5.19. The molecule has 0 spiro atoms. The number of nitrogens with one attached hydrogen (secondary N) is 1. The van der Waals surface area contributed by atoms with Gasteiger partial charge in [0.05, 0.1) is 25.5 Å². The van der Waals surface area contributed by atoms with E-state index in [1.807, 2.05) is 38.1 Å². The van der Waals surface area contributed by atoms with E-state index in [4.69, 9.17) is 9.15 Å². The lowest BCUT2D eigenvalue weighted by Crippen LogP contribution is -2.21. The van der Waals surface area contributed by atoms with Crippen molar-refractivity contribution in [3.05, 3.63) is 52.7 Å². The number of ether oxygens (including phenoxy) is 1. The predicted octanol–water partition coefficient (Wildman–Crippen LogP) is 3.35. The predicted molar refractivity (Wildman–Crippen MR) is 91.2 cm³/mol. The number of aromatic nitrogens is 2. The number of methoxy groups -OCH3 is 1. The summed E-state index contributed by atoms with van der Waals surface area (Å²) in [4.78, 5) is 21.3. The van der Waals surface area contributed by atoms with Gasteiger partial charge in [-0.2, -0.15) is 0 Å². The summed E-state index contributed by atoms with van der Waals surface area (Å²) < 4.78 is 10.6. The lowest BCUT2D eigenvalue weighted by molar-refractivity contribution is 0.0951. The molecule has 0 atom stereocenters. The van der Waals surface area contributed by atoms with Crippen LogP contribution in [0.1, 0.15) is 27.0 Å². The Balaban J connectivity index is 1.66. The van der Waals surface area contributed by atoms with Crippen LogP contribution in [-0.4, -0.2) is 23.0 Å². The monoisotopic (exact) mass is 343 g/mol. The van der Waals surface area contributed by atoms with Crippen molar-refractivity contribution in [3.8, 4) is 16.3 Å². The first-order chi connectivity index (χ1) is 11.6. The lowest BCUT2D eigenvalue weighted by atomic mass is 10.2. The van der Waals surface area contributed by atoms with E-state index >= 15 is 0 Å². The normalized spacial score (nSPS) is 10.6. The number of hydrogen-bond donors (Lipinski definition) is 1. The first-order valence-corrected chi connectivity index (χ1v) is 8.20. The highest BCUT2D eigenvalue weighted by molar-refractivity contribution is 7.16. The molecule has 0 radical (unpaired) electrons. The summed E-state index contributed by atoms with van der Waals surface area (Å²) in [5.74, 6) is 1.85. The summed E-state index contributed by atoms with van der Waals surface area (Å²) in [6.07, 6.45) is 1.58. The molecule has 0 saturated carbocycles. The first-order valence-electron chi connectivity index (χ1n) is 7.38. The molecule has 3 aromatic rings. The molecule has 0 saturated heterocycles. The third-order valence-corrected chi connectivity index (χ3v) is 4.58. The van der Waals surface area contributed by atoms with Gasteiger partial charge in [-0.15, -0.1) is 11.3 Å². The van der Waals surface area contributed by atoms with Crippen LogP contribution in [0.25, 0.3) is 10.6 Å². The Morgan fingerprint density at radius 3 is 2.67 bits per heavy atom. The Labute approximate surface area is 143 Å². The highest BCUT2D eigenvalue weighted by Crippen LogP contribution is 2.26. The van der Waals surface area contributed by atoms with Crippen molar-refractivity contribution in [1.82, 2.24) is 15.3 Å². The number of amides is 1. The maximum Gasteiger partial charge on any atom is 0.263 e. The number of hydrogen-bond acceptors (Lipinski definition) is 6. The highest BCUT2D eigenvalue weighted by atomic mass is 32.1. The number of carbonyl (C=O) groups is 1. The molecule has 3 rings (SSSR count). The van der Waals surface area contributed by atoms with Gasteiger partial charge in [-0.1, -0.05) is 0 Å². The summed E-state index contributed by atoms with van der Waals surface area (Å²) in [7, 11) is 1.62. The lowest BCUT2D eigenvalue weighted by Gasteiger charge is -2.00. The number of carbonyl (C=O) groups excluding carboxylic acids is 1. The Hall–Kier alpha value is -2.67. The molecule has 0 aliphatic rings. The van der Waals surface area contributed by atoms with Crippen LogP contribution in [0.2, 0.25) is 0 Å². The zero-order chi connectivity index (χ0) is 17.1. The molecular weight excluding hydrogens is 326 g/mol. The van der Waals surface area contributed by atoms with Gasteiger partial charge in [0.25, 0.3) is 5.91 Å². The molecule has 2 heterocycles. The number of rotatable bonds is 5. The third kappa shape index (κ3) is 3.46. The van der Waals surface area contributed by atoms with Crippen molar-refractivity contribution >= 4 is 17.2 Å². The van der Waals surface area contributed by atoms with Gasteiger partial charge in [0.1, 0.15) is 21.4 Å². The Kier molecular flexibility index (Phi) is 4.61. The summed E-state index contributed by atoms with van der Waals surface area (Å²) in [6.45, 7) is 3.97. The summed E-state index contributed by atoms with van der Waals surface area (Å²) in [6, 6.07) is 7.56. The van der Waals surface area contributed by atoms with Gasteiger partial charge < -0.3 is 14.5 Å². The van der Waals surface area contributed by atoms with Crippen molar-refractivity contribution in [1.29, 1.82) is 0 Å². The minimum absolute atomic E-state index is 0.194. The van der Waals surface area contributed by atoms with Gasteiger partial charge in [-0.25, -0.2) is 9.97 Å². The van der Waals surface area contributed by atoms with Crippen molar-refractivity contribution in [2.24, 2.45) is 0 Å². The molecule has 2 aromatic heterocycles. The number of nitrogens with zero attached hydrogens (tertiary/aromatic N) is 2. The summed E-state index contributed by atoms with van der Waals surface area (Å²) in [5, 5.41) is 3.58. The Morgan fingerprint density at radius 1 is 1.29 bits per heavy atom. The van der Waals surface area contributed by atoms with E-state index in [0.717, 1.165) is 27.8 Å². The average molecular weight is 343 g/mol. The smallest absolute Gasteiger partial charge is 0.263 e. The SMILES string of the molecule is COc1ccc(-c2ncc(C(=O)NCc3nc(C)c(C)o3)s2)cc1. The van der Waals surface area contributed by atoms with Crippen molar-refractivity contribution < 1.29 is 13.9 Å². The van der Waals surface area contributed by atoms with E-state index in [-0.39, 0.29) is 12.5 Å². The quantitative estimate of drug-likeness (QED) is 0.769.